The van der Waals surface area contributed by atoms with Gasteiger partial charge in [0.25, 0.3) is 0 Å². The van der Waals surface area contributed by atoms with E-state index in [4.69, 9.17) is 4.74 Å². The maximum atomic E-state index is 12.1. The molecule has 1 atom stereocenters. The van der Waals surface area contributed by atoms with E-state index >= 15 is 0 Å². The second-order valence-corrected chi connectivity index (χ2v) is 4.04. The van der Waals surface area contributed by atoms with E-state index in [9.17, 15) is 4.79 Å². The molecule has 1 saturated heterocycles. The largest absolute Gasteiger partial charge is 0.377 e. The zero-order valence-corrected chi connectivity index (χ0v) is 9.11. The van der Waals surface area contributed by atoms with Crippen molar-refractivity contribution < 1.29 is 9.53 Å². The Morgan fingerprint density at radius 3 is 2.87 bits per heavy atom. The molecule has 1 aliphatic heterocycles. The predicted octanol–water partition coefficient (Wildman–Crippen LogP) is 0.152. The molecule has 0 saturated carbocycles. The van der Waals surface area contributed by atoms with Gasteiger partial charge >= 0.3 is 0 Å². The zero-order chi connectivity index (χ0) is 10.7. The molecular formula is C11H18N2O2. The van der Waals surface area contributed by atoms with Crippen LogP contribution in [0.25, 0.3) is 0 Å². The van der Waals surface area contributed by atoms with Crippen LogP contribution in [0.1, 0.15) is 12.8 Å². The Hall–Kier alpha value is -0.870. The molecule has 0 aromatic heterocycles. The molecule has 1 heterocycles. The maximum Gasteiger partial charge on any atom is 0.242 e. The first-order valence-electron chi connectivity index (χ1n) is 5.53. The smallest absolute Gasteiger partial charge is 0.242 e. The van der Waals surface area contributed by atoms with Gasteiger partial charge in [-0.1, -0.05) is 12.2 Å². The molecule has 0 bridgehead atoms. The average Bonchev–Trinajstić information content (AvgIpc) is 2.70. The minimum Gasteiger partial charge on any atom is -0.377 e. The summed E-state index contributed by atoms with van der Waals surface area (Å²) in [6, 6.07) is 0.183. The van der Waals surface area contributed by atoms with Crippen LogP contribution in [0.5, 0.6) is 0 Å². The maximum absolute atomic E-state index is 12.1. The van der Waals surface area contributed by atoms with E-state index in [1.165, 1.54) is 0 Å². The Balaban J connectivity index is 2.04. The lowest BCUT2D eigenvalue weighted by atomic mass is 10.1. The van der Waals surface area contributed by atoms with Gasteiger partial charge < -0.3 is 15.0 Å². The summed E-state index contributed by atoms with van der Waals surface area (Å²) in [6.07, 6.45) is 6.28. The van der Waals surface area contributed by atoms with Gasteiger partial charge in [0.15, 0.2) is 0 Å². The topological polar surface area (TPSA) is 41.6 Å². The third kappa shape index (κ3) is 2.21. The molecule has 4 nitrogen and oxygen atoms in total. The molecule has 15 heavy (non-hydrogen) atoms. The van der Waals surface area contributed by atoms with Crippen LogP contribution in [0.2, 0.25) is 0 Å². The molecule has 1 N–H and O–H groups in total. The molecule has 1 aliphatic carbocycles. The lowest BCUT2D eigenvalue weighted by Gasteiger charge is -2.29. The number of ether oxygens (including phenoxy) is 1. The fourth-order valence-electron chi connectivity index (χ4n) is 2.17. The quantitative estimate of drug-likeness (QED) is 0.660. The van der Waals surface area contributed by atoms with Gasteiger partial charge in [-0.15, -0.1) is 0 Å². The van der Waals surface area contributed by atoms with Gasteiger partial charge in [-0.05, 0) is 19.9 Å². The van der Waals surface area contributed by atoms with Crippen LogP contribution in [0.15, 0.2) is 12.2 Å². The fraction of sp³-hybridized carbons (Fsp3) is 0.727. The SMILES string of the molecule is CNC1COCCN(C2CC=CC2)C1=O. The Morgan fingerprint density at radius 1 is 1.47 bits per heavy atom. The summed E-state index contributed by atoms with van der Waals surface area (Å²) in [5, 5.41) is 3.01. The first kappa shape index (κ1) is 10.6. The van der Waals surface area contributed by atoms with E-state index in [0.717, 1.165) is 19.4 Å². The number of rotatable bonds is 2. The first-order chi connectivity index (χ1) is 7.33. The molecular weight excluding hydrogens is 192 g/mol. The van der Waals surface area contributed by atoms with Crippen LogP contribution in [-0.4, -0.2) is 49.7 Å². The Morgan fingerprint density at radius 2 is 2.20 bits per heavy atom. The number of carbonyl (C=O) groups is 1. The van der Waals surface area contributed by atoms with E-state index in [1.807, 2.05) is 11.9 Å². The van der Waals surface area contributed by atoms with E-state index in [-0.39, 0.29) is 11.9 Å². The van der Waals surface area contributed by atoms with Crippen molar-refractivity contribution in [3.63, 3.8) is 0 Å². The van der Waals surface area contributed by atoms with Crippen LogP contribution in [0.3, 0.4) is 0 Å². The molecule has 0 spiro atoms. The number of hydrogen-bond acceptors (Lipinski definition) is 3. The summed E-state index contributed by atoms with van der Waals surface area (Å²) in [5.74, 6) is 0.184. The highest BCUT2D eigenvalue weighted by Crippen LogP contribution is 2.19. The first-order valence-corrected chi connectivity index (χ1v) is 5.53. The standard InChI is InChI=1S/C11H18N2O2/c1-12-10-8-15-7-6-13(11(10)14)9-4-2-3-5-9/h2-3,9-10,12H,4-8H2,1H3. The highest BCUT2D eigenvalue weighted by Gasteiger charge is 2.31. The van der Waals surface area contributed by atoms with E-state index in [0.29, 0.717) is 19.3 Å². The fourth-order valence-corrected chi connectivity index (χ4v) is 2.17. The molecule has 84 valence electrons. The predicted molar refractivity (Wildman–Crippen MR) is 57.5 cm³/mol. The van der Waals surface area contributed by atoms with Gasteiger partial charge in [-0.25, -0.2) is 0 Å². The number of hydrogen-bond donors (Lipinski definition) is 1. The van der Waals surface area contributed by atoms with Gasteiger partial charge in [0, 0.05) is 12.6 Å². The lowest BCUT2D eigenvalue weighted by molar-refractivity contribution is -0.134. The van der Waals surface area contributed by atoms with Crippen molar-refractivity contribution in [2.75, 3.05) is 26.8 Å². The van der Waals surface area contributed by atoms with Crippen LogP contribution in [0, 0.1) is 0 Å². The number of amides is 1. The molecule has 0 aromatic rings. The molecule has 0 aromatic carbocycles. The number of nitrogens with one attached hydrogen (secondary N) is 1. The monoisotopic (exact) mass is 210 g/mol. The molecule has 4 heteroatoms. The molecule has 0 radical (unpaired) electrons. The minimum absolute atomic E-state index is 0.173. The van der Waals surface area contributed by atoms with Crippen molar-refractivity contribution >= 4 is 5.91 Å². The van der Waals surface area contributed by atoms with Crippen molar-refractivity contribution in [2.24, 2.45) is 0 Å². The third-order valence-corrected chi connectivity index (χ3v) is 3.11. The van der Waals surface area contributed by atoms with Gasteiger partial charge in [-0.3, -0.25) is 4.79 Å². The van der Waals surface area contributed by atoms with Crippen molar-refractivity contribution in [3.8, 4) is 0 Å². The summed E-state index contributed by atoms with van der Waals surface area (Å²) in [5.41, 5.74) is 0. The molecule has 2 rings (SSSR count). The van der Waals surface area contributed by atoms with Crippen molar-refractivity contribution in [3.05, 3.63) is 12.2 Å². The van der Waals surface area contributed by atoms with Gasteiger partial charge in [-0.2, -0.15) is 0 Å². The second kappa shape index (κ2) is 4.77. The molecule has 1 amide bonds. The molecule has 2 aliphatic rings. The average molecular weight is 210 g/mol. The summed E-state index contributed by atoms with van der Waals surface area (Å²) in [4.78, 5) is 14.1. The van der Waals surface area contributed by atoms with Crippen LogP contribution in [0.4, 0.5) is 0 Å². The minimum atomic E-state index is -0.173. The Kier molecular flexibility index (Phi) is 3.38. The highest BCUT2D eigenvalue weighted by molar-refractivity contribution is 5.82. The van der Waals surface area contributed by atoms with Gasteiger partial charge in [0.2, 0.25) is 5.91 Å². The highest BCUT2D eigenvalue weighted by atomic mass is 16.5. The van der Waals surface area contributed by atoms with E-state index < -0.39 is 0 Å². The van der Waals surface area contributed by atoms with Gasteiger partial charge in [0.05, 0.1) is 13.2 Å². The normalized spacial score (nSPS) is 28.5. The van der Waals surface area contributed by atoms with E-state index in [1.54, 1.807) is 0 Å². The third-order valence-electron chi connectivity index (χ3n) is 3.11. The van der Waals surface area contributed by atoms with Crippen molar-refractivity contribution in [1.82, 2.24) is 10.2 Å². The summed E-state index contributed by atoms with van der Waals surface area (Å²) >= 11 is 0. The van der Waals surface area contributed by atoms with Crippen LogP contribution in [-0.2, 0) is 9.53 Å². The van der Waals surface area contributed by atoms with E-state index in [2.05, 4.69) is 17.5 Å². The van der Waals surface area contributed by atoms with Gasteiger partial charge in [0.1, 0.15) is 6.04 Å². The Labute approximate surface area is 90.3 Å². The summed E-state index contributed by atoms with van der Waals surface area (Å²) < 4.78 is 5.41. The van der Waals surface area contributed by atoms with Crippen molar-refractivity contribution in [2.45, 2.75) is 24.9 Å². The zero-order valence-electron chi connectivity index (χ0n) is 9.11. The van der Waals surface area contributed by atoms with Crippen LogP contribution < -0.4 is 5.32 Å². The van der Waals surface area contributed by atoms with Crippen molar-refractivity contribution in [1.29, 1.82) is 0 Å². The van der Waals surface area contributed by atoms with Crippen LogP contribution >= 0.6 is 0 Å². The molecule has 1 unspecified atom stereocenters. The number of nitrogens with zero attached hydrogens (tertiary/aromatic N) is 1. The lowest BCUT2D eigenvalue weighted by Crippen LogP contribution is -2.49. The molecule has 1 fully saturated rings. The second-order valence-electron chi connectivity index (χ2n) is 4.04. The Bertz CT molecular complexity index is 257. The summed E-state index contributed by atoms with van der Waals surface area (Å²) in [7, 11) is 1.81. The number of likely N-dealkylation sites (N-methyl/N-ethyl adjacent to an activating group) is 1. The summed E-state index contributed by atoms with van der Waals surface area (Å²) in [6.45, 7) is 1.87. The number of carbonyl (C=O) groups excluding carboxylic acids is 1.